The van der Waals surface area contributed by atoms with Gasteiger partial charge in [0.15, 0.2) is 0 Å². The summed E-state index contributed by atoms with van der Waals surface area (Å²) >= 11 is 6.06. The number of nitrogens with zero attached hydrogens (tertiary/aromatic N) is 2. The van der Waals surface area contributed by atoms with Crippen molar-refractivity contribution in [2.45, 2.75) is 26.3 Å². The van der Waals surface area contributed by atoms with E-state index in [0.717, 1.165) is 43.1 Å². The Kier molecular flexibility index (Phi) is 4.34. The molecule has 1 N–H and O–H groups in total. The number of aromatic nitrogens is 1. The highest BCUT2D eigenvalue weighted by molar-refractivity contribution is 6.31. The number of amides is 1. The number of aryl methyl sites for hydroxylation is 1. The van der Waals surface area contributed by atoms with Crippen molar-refractivity contribution in [2.24, 2.45) is 0 Å². The number of hydrogen-bond donors (Lipinski definition) is 1. The van der Waals surface area contributed by atoms with E-state index >= 15 is 0 Å². The number of hydrogen-bond acceptors (Lipinski definition) is 4. The van der Waals surface area contributed by atoms with Crippen LogP contribution in [0.2, 0.25) is 5.02 Å². The van der Waals surface area contributed by atoms with Crippen molar-refractivity contribution < 1.29 is 9.32 Å². The second-order valence-electron chi connectivity index (χ2n) is 5.47. The van der Waals surface area contributed by atoms with Gasteiger partial charge in [-0.25, -0.2) is 0 Å². The zero-order valence-corrected chi connectivity index (χ0v) is 13.2. The largest absolute Gasteiger partial charge is 0.379 e. The van der Waals surface area contributed by atoms with Crippen LogP contribution in [0.15, 0.2) is 28.8 Å². The highest BCUT2D eigenvalue weighted by atomic mass is 35.5. The maximum Gasteiger partial charge on any atom is 0.256 e. The van der Waals surface area contributed by atoms with E-state index in [1.54, 1.807) is 12.1 Å². The van der Waals surface area contributed by atoms with Crippen molar-refractivity contribution in [3.63, 3.8) is 0 Å². The normalized spacial score (nSPS) is 14.4. The number of benzene rings is 1. The Morgan fingerprint density at radius 2 is 2.14 bits per heavy atom. The van der Waals surface area contributed by atoms with Crippen LogP contribution in [-0.4, -0.2) is 29.1 Å². The fourth-order valence-corrected chi connectivity index (χ4v) is 2.80. The first-order chi connectivity index (χ1) is 10.6. The maximum absolute atomic E-state index is 12.6. The van der Waals surface area contributed by atoms with Gasteiger partial charge in [0.25, 0.3) is 5.91 Å². The molecule has 1 aliphatic heterocycles. The predicted molar refractivity (Wildman–Crippen MR) is 85.2 cm³/mol. The van der Waals surface area contributed by atoms with E-state index in [4.69, 9.17) is 16.1 Å². The second-order valence-corrected chi connectivity index (χ2v) is 5.91. The van der Waals surface area contributed by atoms with Crippen LogP contribution in [0.25, 0.3) is 0 Å². The van der Waals surface area contributed by atoms with E-state index < -0.39 is 0 Å². The van der Waals surface area contributed by atoms with Gasteiger partial charge in [0.05, 0.1) is 12.1 Å². The summed E-state index contributed by atoms with van der Waals surface area (Å²) in [5.74, 6) is 0.792. The average Bonchev–Trinajstić information content (AvgIpc) is 3.16. The number of halogens is 1. The zero-order chi connectivity index (χ0) is 15.5. The number of carbonyl (C=O) groups is 1. The van der Waals surface area contributed by atoms with Crippen molar-refractivity contribution in [2.75, 3.05) is 18.4 Å². The topological polar surface area (TPSA) is 58.4 Å². The molecule has 0 saturated carbocycles. The van der Waals surface area contributed by atoms with Crippen LogP contribution in [-0.2, 0) is 6.54 Å². The summed E-state index contributed by atoms with van der Waals surface area (Å²) in [5, 5.41) is 7.75. The number of nitrogens with one attached hydrogen (secondary N) is 1. The molecule has 0 aliphatic carbocycles. The van der Waals surface area contributed by atoms with E-state index in [0.29, 0.717) is 17.1 Å². The quantitative estimate of drug-likeness (QED) is 0.937. The predicted octanol–water partition coefficient (Wildman–Crippen LogP) is 3.48. The molecule has 1 aliphatic rings. The summed E-state index contributed by atoms with van der Waals surface area (Å²) in [6.45, 7) is 3.97. The Morgan fingerprint density at radius 3 is 2.82 bits per heavy atom. The van der Waals surface area contributed by atoms with Gasteiger partial charge >= 0.3 is 0 Å². The Morgan fingerprint density at radius 1 is 1.36 bits per heavy atom. The minimum absolute atomic E-state index is 0.0267. The molecule has 22 heavy (non-hydrogen) atoms. The molecular weight excluding hydrogens is 302 g/mol. The molecule has 1 amide bonds. The first-order valence-corrected chi connectivity index (χ1v) is 7.76. The van der Waals surface area contributed by atoms with Gasteiger partial charge in [-0.15, -0.1) is 0 Å². The molecule has 116 valence electrons. The van der Waals surface area contributed by atoms with Gasteiger partial charge in [-0.3, -0.25) is 4.79 Å². The molecule has 1 fully saturated rings. The second kappa shape index (κ2) is 6.40. The van der Waals surface area contributed by atoms with Gasteiger partial charge in [0.2, 0.25) is 0 Å². The van der Waals surface area contributed by atoms with E-state index in [1.165, 1.54) is 0 Å². The lowest BCUT2D eigenvalue weighted by molar-refractivity contribution is 0.0793. The summed E-state index contributed by atoms with van der Waals surface area (Å²) < 4.78 is 5.04. The van der Waals surface area contributed by atoms with Gasteiger partial charge in [-0.05, 0) is 38.0 Å². The minimum atomic E-state index is 0.0267. The molecule has 3 rings (SSSR count). The molecule has 2 aromatic rings. The number of rotatable bonds is 4. The van der Waals surface area contributed by atoms with Crippen LogP contribution in [0.4, 0.5) is 5.69 Å². The Balaban J connectivity index is 1.79. The highest BCUT2D eigenvalue weighted by Crippen LogP contribution is 2.24. The van der Waals surface area contributed by atoms with Crippen LogP contribution in [0, 0.1) is 6.92 Å². The van der Waals surface area contributed by atoms with Crippen molar-refractivity contribution >= 4 is 23.2 Å². The lowest BCUT2D eigenvalue weighted by Crippen LogP contribution is -2.28. The van der Waals surface area contributed by atoms with E-state index in [2.05, 4.69) is 10.5 Å². The van der Waals surface area contributed by atoms with E-state index in [1.807, 2.05) is 24.0 Å². The molecular formula is C16H18ClN3O2. The molecule has 2 heterocycles. The van der Waals surface area contributed by atoms with Gasteiger partial charge < -0.3 is 14.7 Å². The molecule has 1 aromatic carbocycles. The monoisotopic (exact) mass is 319 g/mol. The Hall–Kier alpha value is -2.01. The van der Waals surface area contributed by atoms with Gasteiger partial charge in [0.1, 0.15) is 11.5 Å². The van der Waals surface area contributed by atoms with Crippen molar-refractivity contribution in [3.05, 3.63) is 46.3 Å². The first kappa shape index (κ1) is 14.9. The van der Waals surface area contributed by atoms with Gasteiger partial charge in [-0.1, -0.05) is 16.8 Å². The minimum Gasteiger partial charge on any atom is -0.379 e. The lowest BCUT2D eigenvalue weighted by atomic mass is 10.1. The Bertz CT molecular complexity index is 678. The maximum atomic E-state index is 12.6. The van der Waals surface area contributed by atoms with Crippen LogP contribution >= 0.6 is 11.6 Å². The Labute approximate surface area is 134 Å². The zero-order valence-electron chi connectivity index (χ0n) is 12.4. The van der Waals surface area contributed by atoms with E-state index in [9.17, 15) is 4.79 Å². The van der Waals surface area contributed by atoms with Crippen LogP contribution in [0.3, 0.4) is 0 Å². The highest BCUT2D eigenvalue weighted by Gasteiger charge is 2.22. The standard InChI is InChI=1S/C16H18ClN3O2/c1-11-8-13(19-22-11)10-18-15-5-4-12(17)9-14(15)16(21)20-6-2-3-7-20/h4-5,8-9,18H,2-3,6-7,10H2,1H3. The third kappa shape index (κ3) is 3.25. The first-order valence-electron chi connectivity index (χ1n) is 7.38. The lowest BCUT2D eigenvalue weighted by Gasteiger charge is -2.18. The number of likely N-dealkylation sites (tertiary alicyclic amines) is 1. The van der Waals surface area contributed by atoms with Crippen LogP contribution in [0.5, 0.6) is 0 Å². The van der Waals surface area contributed by atoms with Crippen molar-refractivity contribution in [1.29, 1.82) is 0 Å². The van der Waals surface area contributed by atoms with Gasteiger partial charge in [-0.2, -0.15) is 0 Å². The molecule has 1 saturated heterocycles. The molecule has 0 spiro atoms. The molecule has 1 aromatic heterocycles. The SMILES string of the molecule is Cc1cc(CNc2ccc(Cl)cc2C(=O)N2CCCC2)no1. The average molecular weight is 320 g/mol. The number of anilines is 1. The van der Waals surface area contributed by atoms with Gasteiger partial charge in [0, 0.05) is 29.9 Å². The smallest absolute Gasteiger partial charge is 0.256 e. The van der Waals surface area contributed by atoms with Crippen molar-refractivity contribution in [1.82, 2.24) is 10.1 Å². The van der Waals surface area contributed by atoms with E-state index in [-0.39, 0.29) is 5.91 Å². The van der Waals surface area contributed by atoms with Crippen LogP contribution < -0.4 is 5.32 Å². The fourth-order valence-electron chi connectivity index (χ4n) is 2.63. The molecule has 6 heteroatoms. The summed E-state index contributed by atoms with van der Waals surface area (Å²) in [7, 11) is 0. The molecule has 0 unspecified atom stereocenters. The molecule has 0 bridgehead atoms. The summed E-state index contributed by atoms with van der Waals surface area (Å²) in [6, 6.07) is 7.20. The summed E-state index contributed by atoms with van der Waals surface area (Å²) in [4.78, 5) is 14.5. The number of carbonyl (C=O) groups excluding carboxylic acids is 1. The molecule has 5 nitrogen and oxygen atoms in total. The fraction of sp³-hybridized carbons (Fsp3) is 0.375. The summed E-state index contributed by atoms with van der Waals surface area (Å²) in [5.41, 5.74) is 2.17. The van der Waals surface area contributed by atoms with Crippen LogP contribution in [0.1, 0.15) is 34.7 Å². The molecule has 0 radical (unpaired) electrons. The summed E-state index contributed by atoms with van der Waals surface area (Å²) in [6.07, 6.45) is 2.13. The molecule has 0 atom stereocenters. The van der Waals surface area contributed by atoms with Crippen molar-refractivity contribution in [3.8, 4) is 0 Å². The third-order valence-corrected chi connectivity index (χ3v) is 3.98. The third-order valence-electron chi connectivity index (χ3n) is 3.74.